The molecule has 2 heterocycles. The van der Waals surface area contributed by atoms with Crippen LogP contribution in [0.1, 0.15) is 48.7 Å². The quantitative estimate of drug-likeness (QED) is 0.249. The van der Waals surface area contributed by atoms with Gasteiger partial charge in [0.25, 0.3) is 11.8 Å². The molecule has 2 amide bonds. The highest BCUT2D eigenvalue weighted by Crippen LogP contribution is 2.40. The molecule has 13 nitrogen and oxygen atoms in total. The first-order chi connectivity index (χ1) is 18.2. The van der Waals surface area contributed by atoms with Crippen LogP contribution in [0.15, 0.2) is 43.1 Å². The largest absolute Gasteiger partial charge is 0.491 e. The maximum absolute atomic E-state index is 12.9. The van der Waals surface area contributed by atoms with Gasteiger partial charge < -0.3 is 30.3 Å². The molecule has 1 fully saturated rings. The molecule has 4 rings (SSSR count). The zero-order chi connectivity index (χ0) is 27.1. The van der Waals surface area contributed by atoms with Gasteiger partial charge in [0.1, 0.15) is 18.7 Å². The van der Waals surface area contributed by atoms with E-state index >= 15 is 0 Å². The van der Waals surface area contributed by atoms with Crippen molar-refractivity contribution in [3.8, 4) is 11.6 Å². The van der Waals surface area contributed by atoms with E-state index in [0.717, 1.165) is 12.8 Å². The van der Waals surface area contributed by atoms with Gasteiger partial charge in [-0.2, -0.15) is 0 Å². The topological polar surface area (TPSA) is 181 Å². The van der Waals surface area contributed by atoms with E-state index in [1.165, 1.54) is 36.9 Å². The first-order valence-corrected chi connectivity index (χ1v) is 12.0. The second-order valence-corrected chi connectivity index (χ2v) is 9.26. The van der Waals surface area contributed by atoms with Crippen LogP contribution in [0, 0.1) is 0 Å². The number of nitrogens with zero attached hydrogens (tertiary/aromatic N) is 4. The molecule has 1 saturated carbocycles. The number of rotatable bonds is 11. The van der Waals surface area contributed by atoms with Crippen LogP contribution < -0.4 is 25.4 Å². The van der Waals surface area contributed by atoms with Crippen LogP contribution in [-0.4, -0.2) is 67.5 Å². The highest BCUT2D eigenvalue weighted by molar-refractivity contribution is 6.03. The monoisotopic (exact) mass is 523 g/mol. The first kappa shape index (κ1) is 26.7. The molecule has 13 heteroatoms. The maximum atomic E-state index is 12.9. The number of aromatic nitrogens is 4. The summed E-state index contributed by atoms with van der Waals surface area (Å²) in [4.78, 5) is 42.6. The van der Waals surface area contributed by atoms with Gasteiger partial charge in [0, 0.05) is 12.5 Å². The second-order valence-electron chi connectivity index (χ2n) is 9.26. The molecule has 3 aromatic rings. The van der Waals surface area contributed by atoms with Crippen molar-refractivity contribution >= 4 is 29.2 Å². The molecule has 0 unspecified atom stereocenters. The molecule has 38 heavy (non-hydrogen) atoms. The van der Waals surface area contributed by atoms with Gasteiger partial charge >= 0.3 is 6.09 Å². The highest BCUT2D eigenvalue weighted by Gasteiger charge is 2.27. The molecule has 1 aliphatic rings. The van der Waals surface area contributed by atoms with Crippen LogP contribution in [0.5, 0.6) is 11.6 Å². The molecular formula is C25H29N7O6. The molecule has 0 bridgehead atoms. The third-order valence-electron chi connectivity index (χ3n) is 5.28. The number of ether oxygens (including phenoxy) is 2. The molecule has 200 valence electrons. The minimum Gasteiger partial charge on any atom is -0.491 e. The van der Waals surface area contributed by atoms with Crippen molar-refractivity contribution in [3.63, 3.8) is 0 Å². The van der Waals surface area contributed by atoms with E-state index in [-0.39, 0.29) is 48.6 Å². The molecule has 0 radical (unpaired) electrons. The minimum atomic E-state index is -1.15. The van der Waals surface area contributed by atoms with Gasteiger partial charge in [0.2, 0.25) is 0 Å². The number of carbonyl (C=O) groups is 2. The summed E-state index contributed by atoms with van der Waals surface area (Å²) in [5.74, 6) is 0.159. The Morgan fingerprint density at radius 1 is 1.16 bits per heavy atom. The zero-order valence-corrected chi connectivity index (χ0v) is 21.0. The number of amides is 2. The van der Waals surface area contributed by atoms with Crippen molar-refractivity contribution in [3.05, 3.63) is 54.4 Å². The number of hydrogen-bond donors (Lipinski definition) is 5. The Hall–Kier alpha value is -4.36. The summed E-state index contributed by atoms with van der Waals surface area (Å²) in [5, 5.41) is 27.2. The Morgan fingerprint density at radius 2 is 1.92 bits per heavy atom. The van der Waals surface area contributed by atoms with Crippen LogP contribution >= 0.6 is 0 Å². The Kier molecular flexibility index (Phi) is 8.28. The Bertz CT molecular complexity index is 1280. The number of aliphatic hydroxyl groups is 2. The summed E-state index contributed by atoms with van der Waals surface area (Å²) in [6, 6.07) is 4.43. The summed E-state index contributed by atoms with van der Waals surface area (Å²) in [7, 11) is 0. The summed E-state index contributed by atoms with van der Waals surface area (Å²) >= 11 is 0. The zero-order valence-electron chi connectivity index (χ0n) is 21.0. The van der Waals surface area contributed by atoms with Crippen molar-refractivity contribution in [1.82, 2.24) is 25.3 Å². The van der Waals surface area contributed by atoms with Crippen LogP contribution in [0.25, 0.3) is 0 Å². The number of carbonyl (C=O) groups excluding carboxylic acids is 2. The SMILES string of the molecule is CC(C)(O)CNC(=O)c1cc(OCCO)ccc1NC(=O)Oc1nc(C2CC2)cnc1Nc1cncnc1. The van der Waals surface area contributed by atoms with Gasteiger partial charge in [0.05, 0.1) is 53.4 Å². The summed E-state index contributed by atoms with van der Waals surface area (Å²) in [6.07, 6.45) is 7.14. The molecule has 0 saturated heterocycles. The number of nitrogens with one attached hydrogen (secondary N) is 3. The van der Waals surface area contributed by atoms with E-state index in [9.17, 15) is 14.7 Å². The Balaban J connectivity index is 1.55. The van der Waals surface area contributed by atoms with E-state index in [4.69, 9.17) is 14.6 Å². The molecule has 0 atom stereocenters. The van der Waals surface area contributed by atoms with Crippen molar-refractivity contribution in [1.29, 1.82) is 0 Å². The van der Waals surface area contributed by atoms with Gasteiger partial charge in [-0.15, -0.1) is 0 Å². The first-order valence-electron chi connectivity index (χ1n) is 12.0. The van der Waals surface area contributed by atoms with Crippen LogP contribution in [0.4, 0.5) is 22.0 Å². The van der Waals surface area contributed by atoms with Crippen molar-refractivity contribution in [2.75, 3.05) is 30.4 Å². The summed E-state index contributed by atoms with van der Waals surface area (Å²) in [5.41, 5.74) is 0.289. The van der Waals surface area contributed by atoms with Crippen LogP contribution in [-0.2, 0) is 0 Å². The van der Waals surface area contributed by atoms with E-state index in [1.807, 2.05) is 0 Å². The van der Waals surface area contributed by atoms with Gasteiger partial charge in [0.15, 0.2) is 5.82 Å². The van der Waals surface area contributed by atoms with Gasteiger partial charge in [-0.3, -0.25) is 10.1 Å². The maximum Gasteiger partial charge on any atom is 0.418 e. The van der Waals surface area contributed by atoms with E-state index in [2.05, 4.69) is 35.9 Å². The lowest BCUT2D eigenvalue weighted by Gasteiger charge is -2.19. The lowest BCUT2D eigenvalue weighted by Crippen LogP contribution is -2.38. The molecule has 0 spiro atoms. The number of anilines is 3. The van der Waals surface area contributed by atoms with Gasteiger partial charge in [-0.1, -0.05) is 0 Å². The fourth-order valence-electron chi connectivity index (χ4n) is 3.31. The lowest BCUT2D eigenvalue weighted by atomic mass is 10.1. The van der Waals surface area contributed by atoms with Crippen LogP contribution in [0.2, 0.25) is 0 Å². The standard InChI is InChI=1S/C25H29N7O6/c1-25(2,36)13-29-22(34)18-9-17(37-8-7-33)5-6-19(18)32-24(35)38-23-21(30-16-10-26-14-27-11-16)28-12-20(31-23)15-3-4-15/h5-6,9-12,14-15,33,36H,3-4,7-8,13H2,1-2H3,(H,28,30)(H,29,34)(H,32,35). The third-order valence-corrected chi connectivity index (χ3v) is 5.28. The minimum absolute atomic E-state index is 0.0256. The van der Waals surface area contributed by atoms with E-state index in [1.54, 1.807) is 20.0 Å². The van der Waals surface area contributed by atoms with E-state index in [0.29, 0.717) is 17.1 Å². The molecule has 1 aliphatic carbocycles. The van der Waals surface area contributed by atoms with Gasteiger partial charge in [-0.25, -0.2) is 24.7 Å². The molecule has 0 aliphatic heterocycles. The molecule has 2 aromatic heterocycles. The lowest BCUT2D eigenvalue weighted by molar-refractivity contribution is 0.0694. The number of benzene rings is 1. The third kappa shape index (κ3) is 7.57. The molecular weight excluding hydrogens is 494 g/mol. The van der Waals surface area contributed by atoms with Crippen LogP contribution in [0.3, 0.4) is 0 Å². The summed E-state index contributed by atoms with van der Waals surface area (Å²) < 4.78 is 10.9. The van der Waals surface area contributed by atoms with E-state index < -0.39 is 17.6 Å². The number of hydrogen-bond acceptors (Lipinski definition) is 11. The van der Waals surface area contributed by atoms with Gasteiger partial charge in [-0.05, 0) is 44.9 Å². The fraction of sp³-hybridized carbons (Fsp3) is 0.360. The summed E-state index contributed by atoms with van der Waals surface area (Å²) in [6.45, 7) is 2.89. The fourth-order valence-corrected chi connectivity index (χ4v) is 3.31. The average Bonchev–Trinajstić information content (AvgIpc) is 3.73. The average molecular weight is 524 g/mol. The van der Waals surface area contributed by atoms with Crippen molar-refractivity contribution < 1.29 is 29.3 Å². The number of aliphatic hydroxyl groups excluding tert-OH is 1. The van der Waals surface area contributed by atoms with Crippen molar-refractivity contribution in [2.45, 2.75) is 38.2 Å². The predicted octanol–water partition coefficient (Wildman–Crippen LogP) is 2.37. The predicted molar refractivity (Wildman–Crippen MR) is 137 cm³/mol. The Morgan fingerprint density at radius 3 is 2.61 bits per heavy atom. The smallest absolute Gasteiger partial charge is 0.418 e. The molecule has 1 aromatic carbocycles. The Labute approximate surface area is 218 Å². The molecule has 5 N–H and O–H groups in total. The normalized spacial score (nSPS) is 12.9. The second kappa shape index (κ2) is 11.8. The van der Waals surface area contributed by atoms with Crippen molar-refractivity contribution in [2.24, 2.45) is 0 Å². The highest BCUT2D eigenvalue weighted by atomic mass is 16.6.